The maximum Gasteiger partial charge on any atom is 0.208 e. The Morgan fingerprint density at radius 2 is 2.24 bits per heavy atom. The number of aryl methyl sites for hydroxylation is 1. The van der Waals surface area contributed by atoms with Crippen LogP contribution >= 0.6 is 0 Å². The summed E-state index contributed by atoms with van der Waals surface area (Å²) in [7, 11) is 0. The maximum absolute atomic E-state index is 5.60. The van der Waals surface area contributed by atoms with Crippen LogP contribution in [0.2, 0.25) is 0 Å². The highest BCUT2D eigenvalue weighted by molar-refractivity contribution is 4.93. The van der Waals surface area contributed by atoms with Crippen LogP contribution in [0, 0.1) is 5.92 Å². The van der Waals surface area contributed by atoms with Crippen LogP contribution < -0.4 is 5.32 Å². The highest BCUT2D eigenvalue weighted by Gasteiger charge is 2.16. The molecule has 1 aliphatic rings. The van der Waals surface area contributed by atoms with Gasteiger partial charge in [0.25, 0.3) is 0 Å². The Labute approximate surface area is 104 Å². The third-order valence-corrected chi connectivity index (χ3v) is 3.75. The fourth-order valence-corrected chi connectivity index (χ4v) is 2.52. The second kappa shape index (κ2) is 6.20. The molecular weight excluding hydrogens is 212 g/mol. The maximum atomic E-state index is 5.60. The average Bonchev–Trinajstić information content (AvgIpc) is 2.70. The summed E-state index contributed by atoms with van der Waals surface area (Å²) in [6, 6.07) is 0.650. The molecule has 0 amide bonds. The van der Waals surface area contributed by atoms with Gasteiger partial charge in [0.15, 0.2) is 0 Å². The summed E-state index contributed by atoms with van der Waals surface area (Å²) >= 11 is 0. The normalized spacial score (nSPS) is 25.8. The molecule has 0 spiro atoms. The Morgan fingerprint density at radius 1 is 1.35 bits per heavy atom. The van der Waals surface area contributed by atoms with E-state index in [4.69, 9.17) is 4.42 Å². The minimum absolute atomic E-state index is 0.650. The van der Waals surface area contributed by atoms with Crippen molar-refractivity contribution in [3.05, 3.63) is 17.8 Å². The van der Waals surface area contributed by atoms with Gasteiger partial charge in [-0.1, -0.05) is 26.7 Å². The van der Waals surface area contributed by atoms with Crippen LogP contribution in [0.1, 0.15) is 57.6 Å². The van der Waals surface area contributed by atoms with Gasteiger partial charge in [0.1, 0.15) is 5.76 Å². The smallest absolute Gasteiger partial charge is 0.208 e. The number of nitrogens with one attached hydrogen (secondary N) is 1. The predicted molar refractivity (Wildman–Crippen MR) is 68.8 cm³/mol. The molecule has 1 saturated carbocycles. The first-order valence-electron chi connectivity index (χ1n) is 6.95. The summed E-state index contributed by atoms with van der Waals surface area (Å²) in [5, 5.41) is 3.58. The van der Waals surface area contributed by atoms with Crippen LogP contribution in [-0.2, 0) is 13.0 Å². The van der Waals surface area contributed by atoms with Crippen molar-refractivity contribution in [2.24, 2.45) is 5.92 Å². The van der Waals surface area contributed by atoms with Crippen molar-refractivity contribution < 1.29 is 4.42 Å². The number of hydrogen-bond acceptors (Lipinski definition) is 3. The van der Waals surface area contributed by atoms with Crippen LogP contribution in [-0.4, -0.2) is 11.0 Å². The second-order valence-corrected chi connectivity index (χ2v) is 5.27. The van der Waals surface area contributed by atoms with Crippen molar-refractivity contribution in [1.29, 1.82) is 0 Å². The lowest BCUT2D eigenvalue weighted by molar-refractivity contribution is 0.393. The van der Waals surface area contributed by atoms with Gasteiger partial charge in [0.05, 0.1) is 12.7 Å². The van der Waals surface area contributed by atoms with Gasteiger partial charge in [-0.15, -0.1) is 0 Å². The van der Waals surface area contributed by atoms with E-state index in [1.54, 1.807) is 0 Å². The molecule has 2 unspecified atom stereocenters. The van der Waals surface area contributed by atoms with Crippen molar-refractivity contribution in [2.75, 3.05) is 0 Å². The van der Waals surface area contributed by atoms with Crippen LogP contribution in [0.3, 0.4) is 0 Å². The van der Waals surface area contributed by atoms with Gasteiger partial charge in [0, 0.05) is 12.5 Å². The topological polar surface area (TPSA) is 38.1 Å². The Morgan fingerprint density at radius 3 is 3.00 bits per heavy atom. The van der Waals surface area contributed by atoms with E-state index in [1.807, 2.05) is 6.20 Å². The van der Waals surface area contributed by atoms with Crippen LogP contribution in [0.5, 0.6) is 0 Å². The molecule has 0 radical (unpaired) electrons. The van der Waals surface area contributed by atoms with E-state index in [9.17, 15) is 0 Å². The summed E-state index contributed by atoms with van der Waals surface area (Å²) in [4.78, 5) is 4.28. The first-order chi connectivity index (χ1) is 8.28. The zero-order valence-corrected chi connectivity index (χ0v) is 11.0. The third-order valence-electron chi connectivity index (χ3n) is 3.75. The first kappa shape index (κ1) is 12.6. The predicted octanol–water partition coefficient (Wildman–Crippen LogP) is 3.30. The molecule has 2 rings (SSSR count). The Hall–Kier alpha value is -0.830. The summed E-state index contributed by atoms with van der Waals surface area (Å²) < 4.78 is 5.60. The van der Waals surface area contributed by atoms with Crippen LogP contribution in [0.25, 0.3) is 0 Å². The van der Waals surface area contributed by atoms with E-state index >= 15 is 0 Å². The van der Waals surface area contributed by atoms with E-state index in [-0.39, 0.29) is 0 Å². The largest absolute Gasteiger partial charge is 0.444 e. The molecule has 1 fully saturated rings. The average molecular weight is 236 g/mol. The number of oxazole rings is 1. The SMILES string of the molecule is CCc1cnc(CNC2CCCC(C)CC2)o1. The minimum atomic E-state index is 0.650. The minimum Gasteiger partial charge on any atom is -0.444 e. The lowest BCUT2D eigenvalue weighted by atomic mass is 10.0. The Balaban J connectivity index is 1.77. The molecule has 96 valence electrons. The lowest BCUT2D eigenvalue weighted by Gasteiger charge is -2.14. The van der Waals surface area contributed by atoms with Crippen LogP contribution in [0.15, 0.2) is 10.6 Å². The zero-order chi connectivity index (χ0) is 12.1. The highest BCUT2D eigenvalue weighted by atomic mass is 16.4. The van der Waals surface area contributed by atoms with E-state index in [2.05, 4.69) is 24.1 Å². The fraction of sp³-hybridized carbons (Fsp3) is 0.786. The summed E-state index contributed by atoms with van der Waals surface area (Å²) in [5.41, 5.74) is 0. The van der Waals surface area contributed by atoms with Crippen molar-refractivity contribution in [3.8, 4) is 0 Å². The highest BCUT2D eigenvalue weighted by Crippen LogP contribution is 2.22. The van der Waals surface area contributed by atoms with Crippen LogP contribution in [0.4, 0.5) is 0 Å². The molecule has 3 nitrogen and oxygen atoms in total. The number of hydrogen-bond donors (Lipinski definition) is 1. The van der Waals surface area contributed by atoms with Gasteiger partial charge < -0.3 is 9.73 Å². The van der Waals surface area contributed by atoms with Crippen molar-refractivity contribution in [1.82, 2.24) is 10.3 Å². The van der Waals surface area contributed by atoms with E-state index in [1.165, 1.54) is 32.1 Å². The van der Waals surface area contributed by atoms with Crippen molar-refractivity contribution in [3.63, 3.8) is 0 Å². The van der Waals surface area contributed by atoms with E-state index in [0.717, 1.165) is 30.5 Å². The second-order valence-electron chi connectivity index (χ2n) is 5.27. The molecule has 1 aliphatic carbocycles. The first-order valence-corrected chi connectivity index (χ1v) is 6.95. The summed E-state index contributed by atoms with van der Waals surface area (Å²) in [5.74, 6) is 2.71. The van der Waals surface area contributed by atoms with Gasteiger partial charge in [-0.3, -0.25) is 0 Å². The van der Waals surface area contributed by atoms with Gasteiger partial charge in [-0.05, 0) is 25.2 Å². The van der Waals surface area contributed by atoms with Gasteiger partial charge in [0.2, 0.25) is 5.89 Å². The summed E-state index contributed by atoms with van der Waals surface area (Å²) in [6.45, 7) is 5.23. The van der Waals surface area contributed by atoms with Crippen molar-refractivity contribution >= 4 is 0 Å². The molecule has 1 heterocycles. The molecule has 0 aliphatic heterocycles. The Bertz CT molecular complexity index is 335. The number of nitrogens with zero attached hydrogens (tertiary/aromatic N) is 1. The molecule has 0 saturated heterocycles. The van der Waals surface area contributed by atoms with E-state index < -0.39 is 0 Å². The quantitative estimate of drug-likeness (QED) is 0.815. The number of aromatic nitrogens is 1. The molecule has 3 heteroatoms. The molecule has 0 aromatic carbocycles. The standard InChI is InChI=1S/C14H24N2O/c1-3-13-9-16-14(17-13)10-15-12-6-4-5-11(2)7-8-12/h9,11-12,15H,3-8,10H2,1-2H3. The fourth-order valence-electron chi connectivity index (χ4n) is 2.52. The van der Waals surface area contributed by atoms with E-state index in [0.29, 0.717) is 6.04 Å². The third kappa shape index (κ3) is 3.84. The number of rotatable bonds is 4. The molecule has 1 aromatic heterocycles. The molecule has 1 N–H and O–H groups in total. The van der Waals surface area contributed by atoms with Crippen molar-refractivity contribution in [2.45, 2.75) is 65.0 Å². The molecule has 1 aromatic rings. The zero-order valence-electron chi connectivity index (χ0n) is 11.0. The molecule has 0 bridgehead atoms. The molecular formula is C14H24N2O. The summed E-state index contributed by atoms with van der Waals surface area (Å²) in [6.07, 6.45) is 9.44. The monoisotopic (exact) mass is 236 g/mol. The van der Waals surface area contributed by atoms with Gasteiger partial charge >= 0.3 is 0 Å². The molecule has 2 atom stereocenters. The molecule has 17 heavy (non-hydrogen) atoms. The van der Waals surface area contributed by atoms with Gasteiger partial charge in [-0.2, -0.15) is 0 Å². The van der Waals surface area contributed by atoms with Gasteiger partial charge in [-0.25, -0.2) is 4.98 Å². The lowest BCUT2D eigenvalue weighted by Crippen LogP contribution is -2.28. The Kier molecular flexibility index (Phi) is 4.60.